The van der Waals surface area contributed by atoms with Gasteiger partial charge in [0.1, 0.15) is 5.82 Å². The lowest BCUT2D eigenvalue weighted by Crippen LogP contribution is -2.03. The van der Waals surface area contributed by atoms with Gasteiger partial charge in [-0.25, -0.2) is 4.39 Å². The molecule has 0 aliphatic rings. The second-order valence-electron chi connectivity index (χ2n) is 2.89. The minimum absolute atomic E-state index is 0.0530. The van der Waals surface area contributed by atoms with Crippen molar-refractivity contribution in [3.05, 3.63) is 28.5 Å². The average Bonchev–Trinajstić information content (AvgIpc) is 2.20. The van der Waals surface area contributed by atoms with E-state index in [-0.39, 0.29) is 5.02 Å². The van der Waals surface area contributed by atoms with Gasteiger partial charge in [0.05, 0.1) is 5.02 Å². The molecule has 2 N–H and O–H groups in total. The van der Waals surface area contributed by atoms with Gasteiger partial charge >= 0.3 is 0 Å². The molecular weight excluding hydrogens is 203 g/mol. The van der Waals surface area contributed by atoms with Crippen LogP contribution in [0.25, 0.3) is 0 Å². The Bertz CT molecular complexity index is 363. The lowest BCUT2D eigenvalue weighted by molar-refractivity contribution is 0.628. The number of hydrogen-bond donors (Lipinski definition) is 2. The van der Waals surface area contributed by atoms with E-state index >= 15 is 0 Å². The zero-order chi connectivity index (χ0) is 10.7. The van der Waals surface area contributed by atoms with Gasteiger partial charge in [-0.2, -0.15) is 0 Å². The van der Waals surface area contributed by atoms with Crippen molar-refractivity contribution >= 4 is 23.0 Å². The van der Waals surface area contributed by atoms with Crippen LogP contribution in [0.5, 0.6) is 0 Å². The van der Waals surface area contributed by atoms with Crippen molar-refractivity contribution in [1.82, 2.24) is 0 Å². The first-order valence-electron chi connectivity index (χ1n) is 4.34. The van der Waals surface area contributed by atoms with Crippen LogP contribution in [0.2, 0.25) is 5.02 Å². The SMILES string of the molecule is CCC(=N)c1cc(Cl)c(F)cc1NC. The highest BCUT2D eigenvalue weighted by atomic mass is 35.5. The molecule has 0 atom stereocenters. The quantitative estimate of drug-likeness (QED) is 0.745. The molecule has 1 aromatic rings. The van der Waals surface area contributed by atoms with Crippen molar-refractivity contribution < 1.29 is 4.39 Å². The maximum Gasteiger partial charge on any atom is 0.143 e. The van der Waals surface area contributed by atoms with E-state index in [9.17, 15) is 4.39 Å². The molecule has 0 aliphatic carbocycles. The number of halogens is 2. The van der Waals surface area contributed by atoms with Gasteiger partial charge in [0.25, 0.3) is 0 Å². The van der Waals surface area contributed by atoms with Gasteiger partial charge < -0.3 is 10.7 Å². The Morgan fingerprint density at radius 2 is 2.21 bits per heavy atom. The molecule has 0 spiro atoms. The normalized spacial score (nSPS) is 10.0. The van der Waals surface area contributed by atoms with Crippen molar-refractivity contribution in [2.24, 2.45) is 0 Å². The van der Waals surface area contributed by atoms with Crippen LogP contribution in [0.3, 0.4) is 0 Å². The van der Waals surface area contributed by atoms with Gasteiger partial charge in [0.15, 0.2) is 0 Å². The fourth-order valence-electron chi connectivity index (χ4n) is 1.19. The summed E-state index contributed by atoms with van der Waals surface area (Å²) in [6.07, 6.45) is 0.594. The Hall–Kier alpha value is -1.09. The lowest BCUT2D eigenvalue weighted by Gasteiger charge is -2.10. The standard InChI is InChI=1S/C10H12ClFN2/c1-3-9(13)6-4-7(11)8(12)5-10(6)14-2/h4-5,13-14H,3H2,1-2H3. The average molecular weight is 215 g/mol. The van der Waals surface area contributed by atoms with Gasteiger partial charge in [0, 0.05) is 24.0 Å². The fourth-order valence-corrected chi connectivity index (χ4v) is 1.36. The fraction of sp³-hybridized carbons (Fsp3) is 0.300. The Labute approximate surface area is 87.6 Å². The van der Waals surface area contributed by atoms with Crippen molar-refractivity contribution in [3.63, 3.8) is 0 Å². The number of benzene rings is 1. The predicted molar refractivity (Wildman–Crippen MR) is 58.1 cm³/mol. The monoisotopic (exact) mass is 214 g/mol. The molecule has 0 saturated heterocycles. The summed E-state index contributed by atoms with van der Waals surface area (Å²) in [6, 6.07) is 2.79. The maximum absolute atomic E-state index is 13.1. The molecule has 0 aliphatic heterocycles. The first kappa shape index (κ1) is 11.0. The largest absolute Gasteiger partial charge is 0.387 e. The van der Waals surface area contributed by atoms with Crippen LogP contribution in [0.1, 0.15) is 18.9 Å². The molecule has 1 rings (SSSR count). The first-order chi connectivity index (χ1) is 6.60. The van der Waals surface area contributed by atoms with E-state index in [0.29, 0.717) is 23.4 Å². The zero-order valence-corrected chi connectivity index (χ0v) is 8.87. The van der Waals surface area contributed by atoms with Crippen LogP contribution < -0.4 is 5.32 Å². The third-order valence-electron chi connectivity index (χ3n) is 2.01. The molecule has 0 unspecified atom stereocenters. The van der Waals surface area contributed by atoms with E-state index in [1.54, 1.807) is 7.05 Å². The van der Waals surface area contributed by atoms with E-state index in [0.717, 1.165) is 0 Å². The summed E-state index contributed by atoms with van der Waals surface area (Å²) in [7, 11) is 1.69. The second kappa shape index (κ2) is 4.42. The summed E-state index contributed by atoms with van der Waals surface area (Å²) in [4.78, 5) is 0. The Morgan fingerprint density at radius 1 is 1.57 bits per heavy atom. The van der Waals surface area contributed by atoms with Crippen molar-refractivity contribution in [1.29, 1.82) is 5.41 Å². The molecular formula is C10H12ClFN2. The summed E-state index contributed by atoms with van der Waals surface area (Å²) in [5.74, 6) is -0.469. The Balaban J connectivity index is 3.27. The highest BCUT2D eigenvalue weighted by Gasteiger charge is 2.10. The van der Waals surface area contributed by atoms with E-state index < -0.39 is 5.82 Å². The van der Waals surface area contributed by atoms with Crippen molar-refractivity contribution in [3.8, 4) is 0 Å². The van der Waals surface area contributed by atoms with Crippen LogP contribution in [0, 0.1) is 11.2 Å². The van der Waals surface area contributed by atoms with E-state index in [1.807, 2.05) is 6.92 Å². The summed E-state index contributed by atoms with van der Waals surface area (Å²) in [5.41, 5.74) is 1.69. The van der Waals surface area contributed by atoms with E-state index in [1.165, 1.54) is 12.1 Å². The number of nitrogens with one attached hydrogen (secondary N) is 2. The first-order valence-corrected chi connectivity index (χ1v) is 4.72. The molecule has 76 valence electrons. The molecule has 0 aromatic heterocycles. The van der Waals surface area contributed by atoms with Gasteiger partial charge in [0.2, 0.25) is 0 Å². The Kier molecular flexibility index (Phi) is 3.47. The zero-order valence-electron chi connectivity index (χ0n) is 8.12. The molecule has 0 bridgehead atoms. The van der Waals surface area contributed by atoms with Crippen LogP contribution in [0.15, 0.2) is 12.1 Å². The van der Waals surface area contributed by atoms with Crippen LogP contribution in [-0.2, 0) is 0 Å². The van der Waals surface area contributed by atoms with Crippen LogP contribution >= 0.6 is 11.6 Å². The molecule has 0 saturated carbocycles. The number of rotatable bonds is 3. The van der Waals surface area contributed by atoms with Crippen molar-refractivity contribution in [2.45, 2.75) is 13.3 Å². The highest BCUT2D eigenvalue weighted by Crippen LogP contribution is 2.24. The minimum Gasteiger partial charge on any atom is -0.387 e. The van der Waals surface area contributed by atoms with Crippen molar-refractivity contribution in [2.75, 3.05) is 12.4 Å². The molecule has 0 fully saturated rings. The second-order valence-corrected chi connectivity index (χ2v) is 3.30. The molecule has 1 aromatic carbocycles. The smallest absolute Gasteiger partial charge is 0.143 e. The summed E-state index contributed by atoms with van der Waals surface area (Å²) in [5, 5.41) is 10.6. The topological polar surface area (TPSA) is 35.9 Å². The molecule has 4 heteroatoms. The van der Waals surface area contributed by atoms with Crippen LogP contribution in [0.4, 0.5) is 10.1 Å². The maximum atomic E-state index is 13.1. The summed E-state index contributed by atoms with van der Waals surface area (Å²) >= 11 is 5.64. The molecule has 14 heavy (non-hydrogen) atoms. The molecule has 0 heterocycles. The summed E-state index contributed by atoms with van der Waals surface area (Å²) < 4.78 is 13.1. The number of hydrogen-bond acceptors (Lipinski definition) is 2. The molecule has 2 nitrogen and oxygen atoms in total. The molecule has 0 amide bonds. The van der Waals surface area contributed by atoms with Gasteiger partial charge in [-0.3, -0.25) is 0 Å². The Morgan fingerprint density at radius 3 is 2.71 bits per heavy atom. The lowest BCUT2D eigenvalue weighted by atomic mass is 10.1. The van der Waals surface area contributed by atoms with Crippen LogP contribution in [-0.4, -0.2) is 12.8 Å². The molecule has 0 radical (unpaired) electrons. The van der Waals surface area contributed by atoms with E-state index in [4.69, 9.17) is 17.0 Å². The summed E-state index contributed by atoms with van der Waals surface area (Å²) in [6.45, 7) is 1.87. The van der Waals surface area contributed by atoms with Gasteiger partial charge in [-0.15, -0.1) is 0 Å². The van der Waals surface area contributed by atoms with E-state index in [2.05, 4.69) is 5.32 Å². The third kappa shape index (κ3) is 2.04. The highest BCUT2D eigenvalue weighted by molar-refractivity contribution is 6.31. The third-order valence-corrected chi connectivity index (χ3v) is 2.30. The predicted octanol–water partition coefficient (Wildman–Crippen LogP) is 3.30. The number of anilines is 1. The minimum atomic E-state index is -0.469. The van der Waals surface area contributed by atoms with Gasteiger partial charge in [-0.05, 0) is 18.6 Å². The van der Waals surface area contributed by atoms with Gasteiger partial charge in [-0.1, -0.05) is 18.5 Å².